The van der Waals surface area contributed by atoms with E-state index >= 15 is 0 Å². The van der Waals surface area contributed by atoms with Crippen LogP contribution in [0.1, 0.15) is 37.4 Å². The van der Waals surface area contributed by atoms with Gasteiger partial charge in [0.1, 0.15) is 0 Å². The summed E-state index contributed by atoms with van der Waals surface area (Å²) in [4.78, 5) is 14.1. The first kappa shape index (κ1) is 13.2. The number of carbonyl (C=O) groups excluding carboxylic acids is 1. The van der Waals surface area contributed by atoms with Crippen molar-refractivity contribution in [2.24, 2.45) is 0 Å². The number of piperidine rings is 1. The second-order valence-corrected chi connectivity index (χ2v) is 6.27. The van der Waals surface area contributed by atoms with Crippen LogP contribution in [0.15, 0.2) is 6.20 Å². The van der Waals surface area contributed by atoms with Crippen molar-refractivity contribution >= 4 is 5.91 Å². The third-order valence-electron chi connectivity index (χ3n) is 4.61. The van der Waals surface area contributed by atoms with E-state index in [0.29, 0.717) is 19.1 Å². The summed E-state index contributed by atoms with van der Waals surface area (Å²) in [5.41, 5.74) is 1.05. The van der Waals surface area contributed by atoms with Gasteiger partial charge in [0.15, 0.2) is 0 Å². The molecule has 1 amide bonds. The van der Waals surface area contributed by atoms with Crippen molar-refractivity contribution in [2.45, 2.75) is 50.5 Å². The number of nitrogens with one attached hydrogen (secondary N) is 1. The third kappa shape index (κ3) is 2.80. The van der Waals surface area contributed by atoms with Crippen LogP contribution in [0.5, 0.6) is 0 Å². The highest BCUT2D eigenvalue weighted by Gasteiger charge is 2.36. The largest absolute Gasteiger partial charge is 0.370 e. The monoisotopic (exact) mass is 291 g/mol. The molecule has 0 aromatic carbocycles. The van der Waals surface area contributed by atoms with Crippen LogP contribution >= 0.6 is 0 Å². The lowest BCUT2D eigenvalue weighted by molar-refractivity contribution is -0.122. The normalized spacial score (nSPS) is 28.8. The zero-order valence-electron chi connectivity index (χ0n) is 12.1. The smallest absolute Gasteiger partial charge is 0.221 e. The highest BCUT2D eigenvalue weighted by molar-refractivity contribution is 5.76. The van der Waals surface area contributed by atoms with Gasteiger partial charge in [0.2, 0.25) is 5.91 Å². The fourth-order valence-electron chi connectivity index (χ4n) is 3.23. The van der Waals surface area contributed by atoms with Crippen LogP contribution in [0.25, 0.3) is 0 Å². The van der Waals surface area contributed by atoms with Crippen LogP contribution in [-0.4, -0.2) is 57.6 Å². The number of ether oxygens (including phenoxy) is 1. The van der Waals surface area contributed by atoms with Gasteiger partial charge in [-0.1, -0.05) is 5.21 Å². The van der Waals surface area contributed by atoms with Crippen molar-refractivity contribution in [1.82, 2.24) is 25.2 Å². The molecule has 1 aromatic heterocycles. The number of hydrogen-bond acceptors (Lipinski definition) is 5. The summed E-state index contributed by atoms with van der Waals surface area (Å²) in [6.07, 6.45) is 5.87. The minimum Gasteiger partial charge on any atom is -0.370 e. The molecule has 7 heteroatoms. The van der Waals surface area contributed by atoms with E-state index in [9.17, 15) is 4.79 Å². The van der Waals surface area contributed by atoms with Crippen molar-refractivity contribution in [3.8, 4) is 0 Å². The lowest BCUT2D eigenvalue weighted by Gasteiger charge is -2.40. The Bertz CT molecular complexity index is 527. The van der Waals surface area contributed by atoms with Crippen LogP contribution in [0.2, 0.25) is 0 Å². The molecule has 3 heterocycles. The van der Waals surface area contributed by atoms with E-state index in [1.807, 2.05) is 4.68 Å². The Balaban J connectivity index is 1.34. The maximum Gasteiger partial charge on any atom is 0.221 e. The zero-order chi connectivity index (χ0) is 14.2. The number of likely N-dealkylation sites (tertiary alicyclic amines) is 1. The van der Waals surface area contributed by atoms with Crippen molar-refractivity contribution in [1.29, 1.82) is 0 Å². The van der Waals surface area contributed by atoms with Crippen LogP contribution in [0.4, 0.5) is 0 Å². The summed E-state index contributed by atoms with van der Waals surface area (Å²) in [5.74, 6) is 0.181. The van der Waals surface area contributed by atoms with Crippen molar-refractivity contribution < 1.29 is 9.53 Å². The molecule has 1 saturated heterocycles. The predicted molar refractivity (Wildman–Crippen MR) is 74.5 cm³/mol. The Morgan fingerprint density at radius 2 is 2.33 bits per heavy atom. The molecule has 2 aliphatic heterocycles. The number of rotatable bonds is 4. The predicted octanol–water partition coefficient (Wildman–Crippen LogP) is 0.0924. The lowest BCUT2D eigenvalue weighted by atomic mass is 10.0. The number of nitrogens with zero attached hydrogens (tertiary/aromatic N) is 4. The van der Waals surface area contributed by atoms with E-state index in [4.69, 9.17) is 4.74 Å². The SMILES string of the molecule is O=C(CCN1CC[C@H]2OCc3cnnn3[C@H]2C1)NC1CC1. The molecule has 0 unspecified atom stereocenters. The van der Waals surface area contributed by atoms with Crippen molar-refractivity contribution in [2.75, 3.05) is 19.6 Å². The Morgan fingerprint density at radius 3 is 3.19 bits per heavy atom. The summed E-state index contributed by atoms with van der Waals surface area (Å²) in [5, 5.41) is 11.2. The van der Waals surface area contributed by atoms with Crippen molar-refractivity contribution in [3.63, 3.8) is 0 Å². The number of carbonyl (C=O) groups is 1. The molecular formula is C14H21N5O2. The Labute approximate surface area is 123 Å². The van der Waals surface area contributed by atoms with E-state index in [-0.39, 0.29) is 18.1 Å². The van der Waals surface area contributed by atoms with Crippen LogP contribution < -0.4 is 5.32 Å². The molecule has 1 saturated carbocycles. The summed E-state index contributed by atoms with van der Waals surface area (Å²) >= 11 is 0. The van der Waals surface area contributed by atoms with E-state index in [2.05, 4.69) is 20.5 Å². The van der Waals surface area contributed by atoms with Gasteiger partial charge >= 0.3 is 0 Å². The van der Waals surface area contributed by atoms with E-state index in [0.717, 1.165) is 44.6 Å². The lowest BCUT2D eigenvalue weighted by Crippen LogP contribution is -2.48. The van der Waals surface area contributed by atoms with Gasteiger partial charge in [0.25, 0.3) is 0 Å². The standard InChI is InChI=1S/C14H21N5O2/c20-14(16-10-1-2-10)4-6-18-5-3-13-12(8-18)19-11(9-21-13)7-15-17-19/h7,10,12-13H,1-6,8-9H2,(H,16,20)/t12-,13+/m0/s1. The Morgan fingerprint density at radius 1 is 1.43 bits per heavy atom. The summed E-state index contributed by atoms with van der Waals surface area (Å²) in [6, 6.07) is 0.684. The van der Waals surface area contributed by atoms with Gasteiger partial charge < -0.3 is 15.0 Å². The highest BCUT2D eigenvalue weighted by atomic mass is 16.5. The maximum absolute atomic E-state index is 11.8. The summed E-state index contributed by atoms with van der Waals surface area (Å²) in [7, 11) is 0. The van der Waals surface area contributed by atoms with E-state index < -0.39 is 0 Å². The van der Waals surface area contributed by atoms with Gasteiger partial charge in [0, 0.05) is 32.1 Å². The van der Waals surface area contributed by atoms with Crippen LogP contribution in [0, 0.1) is 0 Å². The molecule has 2 fully saturated rings. The van der Waals surface area contributed by atoms with E-state index in [1.165, 1.54) is 0 Å². The van der Waals surface area contributed by atoms with Gasteiger partial charge in [-0.3, -0.25) is 4.79 Å². The number of amides is 1. The second kappa shape index (κ2) is 5.38. The molecule has 1 aromatic rings. The topological polar surface area (TPSA) is 72.3 Å². The molecule has 2 atom stereocenters. The third-order valence-corrected chi connectivity index (χ3v) is 4.61. The number of aromatic nitrogens is 3. The molecule has 0 spiro atoms. The first-order valence-electron chi connectivity index (χ1n) is 7.82. The molecule has 1 aliphatic carbocycles. The average molecular weight is 291 g/mol. The summed E-state index contributed by atoms with van der Waals surface area (Å²) < 4.78 is 7.90. The molecule has 4 rings (SSSR count). The molecule has 114 valence electrons. The average Bonchev–Trinajstić information content (AvgIpc) is 3.17. The number of fused-ring (bicyclic) bond motifs is 3. The highest BCUT2D eigenvalue weighted by Crippen LogP contribution is 2.29. The van der Waals surface area contributed by atoms with Gasteiger partial charge in [0.05, 0.1) is 30.6 Å². The van der Waals surface area contributed by atoms with Gasteiger partial charge in [-0.25, -0.2) is 4.68 Å². The second-order valence-electron chi connectivity index (χ2n) is 6.27. The van der Waals surface area contributed by atoms with Gasteiger partial charge in [-0.2, -0.15) is 0 Å². The molecule has 1 N–H and O–H groups in total. The first-order chi connectivity index (χ1) is 10.3. The fourth-order valence-corrected chi connectivity index (χ4v) is 3.23. The minimum absolute atomic E-state index is 0.181. The minimum atomic E-state index is 0.181. The molecular weight excluding hydrogens is 270 g/mol. The Hall–Kier alpha value is -1.47. The van der Waals surface area contributed by atoms with Crippen LogP contribution in [-0.2, 0) is 16.1 Å². The summed E-state index contributed by atoms with van der Waals surface area (Å²) in [6.45, 7) is 3.30. The fraction of sp³-hybridized carbons (Fsp3) is 0.786. The maximum atomic E-state index is 11.8. The first-order valence-corrected chi connectivity index (χ1v) is 7.82. The van der Waals surface area contributed by atoms with E-state index in [1.54, 1.807) is 6.20 Å². The molecule has 21 heavy (non-hydrogen) atoms. The number of hydrogen-bond donors (Lipinski definition) is 1. The van der Waals surface area contributed by atoms with Crippen molar-refractivity contribution in [3.05, 3.63) is 11.9 Å². The quantitative estimate of drug-likeness (QED) is 0.851. The van der Waals surface area contributed by atoms with Gasteiger partial charge in [-0.15, -0.1) is 5.10 Å². The molecule has 3 aliphatic rings. The molecule has 0 bridgehead atoms. The molecule has 7 nitrogen and oxygen atoms in total. The molecule has 0 radical (unpaired) electrons. The van der Waals surface area contributed by atoms with Gasteiger partial charge in [-0.05, 0) is 19.3 Å². The Kier molecular flexibility index (Phi) is 3.39. The van der Waals surface area contributed by atoms with Crippen LogP contribution in [0.3, 0.4) is 0 Å². The zero-order valence-corrected chi connectivity index (χ0v) is 12.1.